The largest absolute Gasteiger partial charge is 0.481 e. The molecule has 0 saturated carbocycles. The number of benzene rings is 3. The van der Waals surface area contributed by atoms with Crippen molar-refractivity contribution >= 4 is 15.8 Å². The van der Waals surface area contributed by atoms with Crippen molar-refractivity contribution in [2.24, 2.45) is 0 Å². The Bertz CT molecular complexity index is 1220. The van der Waals surface area contributed by atoms with Gasteiger partial charge < -0.3 is 9.84 Å². The summed E-state index contributed by atoms with van der Waals surface area (Å²) in [6.45, 7) is -0.800. The molecule has 3 aromatic rings. The van der Waals surface area contributed by atoms with Gasteiger partial charge in [0, 0.05) is 5.56 Å². The molecule has 31 heavy (non-hydrogen) atoms. The number of carboxylic acids is 1. The van der Waals surface area contributed by atoms with Gasteiger partial charge in [0.25, 0.3) is 0 Å². The standard InChI is InChI=1S/C21H14F4O5S/c22-14-7-8-18(30-12-20(26)27)16(11-14)13-6-9-19(17(10-13)21(23,24)25)31(28,29)15-4-2-1-3-5-15/h1-11H,12H2,(H,26,27). The zero-order chi connectivity index (χ0) is 22.8. The van der Waals surface area contributed by atoms with E-state index in [0.717, 1.165) is 30.3 Å². The molecule has 162 valence electrons. The Morgan fingerprint density at radius 3 is 2.26 bits per heavy atom. The van der Waals surface area contributed by atoms with Crippen LogP contribution in [0.25, 0.3) is 11.1 Å². The van der Waals surface area contributed by atoms with Gasteiger partial charge in [0.15, 0.2) is 6.61 Å². The van der Waals surface area contributed by atoms with Crippen LogP contribution in [0, 0.1) is 5.82 Å². The number of hydrogen-bond donors (Lipinski definition) is 1. The first-order valence-electron chi connectivity index (χ1n) is 8.66. The lowest BCUT2D eigenvalue weighted by molar-refractivity contribution is -0.140. The van der Waals surface area contributed by atoms with Gasteiger partial charge in [-0.15, -0.1) is 0 Å². The molecule has 10 heteroatoms. The molecule has 3 rings (SSSR count). The van der Waals surface area contributed by atoms with Crippen LogP contribution in [0.2, 0.25) is 0 Å². The van der Waals surface area contributed by atoms with E-state index in [-0.39, 0.29) is 21.8 Å². The average Bonchev–Trinajstić information content (AvgIpc) is 2.72. The second-order valence-electron chi connectivity index (χ2n) is 6.35. The van der Waals surface area contributed by atoms with Gasteiger partial charge in [0.1, 0.15) is 11.6 Å². The summed E-state index contributed by atoms with van der Waals surface area (Å²) in [5, 5.41) is 8.76. The van der Waals surface area contributed by atoms with E-state index in [0.29, 0.717) is 6.07 Å². The molecule has 0 amide bonds. The Balaban J connectivity index is 2.19. The number of halogens is 4. The number of carboxylic acid groups (broad SMARTS) is 1. The first-order valence-corrected chi connectivity index (χ1v) is 10.1. The van der Waals surface area contributed by atoms with Crippen molar-refractivity contribution in [2.75, 3.05) is 6.61 Å². The molecular weight excluding hydrogens is 440 g/mol. The van der Waals surface area contributed by atoms with Gasteiger partial charge >= 0.3 is 12.1 Å². The summed E-state index contributed by atoms with van der Waals surface area (Å²) in [6.07, 6.45) is -5.04. The van der Waals surface area contributed by atoms with E-state index in [4.69, 9.17) is 9.84 Å². The minimum absolute atomic E-state index is 0.157. The third-order valence-electron chi connectivity index (χ3n) is 4.23. The van der Waals surface area contributed by atoms with Crippen molar-refractivity contribution in [3.8, 4) is 16.9 Å². The van der Waals surface area contributed by atoms with Crippen LogP contribution in [0.5, 0.6) is 5.75 Å². The number of hydrogen-bond acceptors (Lipinski definition) is 4. The van der Waals surface area contributed by atoms with E-state index in [9.17, 15) is 30.8 Å². The molecule has 0 spiro atoms. The zero-order valence-corrected chi connectivity index (χ0v) is 16.4. The number of rotatable bonds is 6. The predicted molar refractivity (Wildman–Crippen MR) is 102 cm³/mol. The Kier molecular flexibility index (Phi) is 6.03. The van der Waals surface area contributed by atoms with Crippen LogP contribution >= 0.6 is 0 Å². The van der Waals surface area contributed by atoms with Crippen molar-refractivity contribution < 1.29 is 40.6 Å². The number of aliphatic carboxylic acids is 1. The lowest BCUT2D eigenvalue weighted by atomic mass is 10.0. The monoisotopic (exact) mass is 454 g/mol. The summed E-state index contributed by atoms with van der Waals surface area (Å²) in [5.74, 6) is -2.31. The first kappa shape index (κ1) is 22.3. The number of ether oxygens (including phenoxy) is 1. The van der Waals surface area contributed by atoms with Crippen molar-refractivity contribution in [1.29, 1.82) is 0 Å². The van der Waals surface area contributed by atoms with Crippen LogP contribution in [-0.2, 0) is 20.8 Å². The normalized spacial score (nSPS) is 11.9. The van der Waals surface area contributed by atoms with Crippen LogP contribution in [0.1, 0.15) is 5.56 Å². The molecule has 0 radical (unpaired) electrons. The first-order chi connectivity index (χ1) is 14.5. The summed E-state index contributed by atoms with van der Waals surface area (Å²) in [4.78, 5) is 9.47. The molecule has 0 atom stereocenters. The highest BCUT2D eigenvalue weighted by Crippen LogP contribution is 2.40. The maximum absolute atomic E-state index is 13.8. The third-order valence-corrected chi connectivity index (χ3v) is 6.06. The van der Waals surface area contributed by atoms with Gasteiger partial charge in [-0.05, 0) is 48.0 Å². The molecule has 3 aromatic carbocycles. The Labute approximate surface area is 174 Å². The Morgan fingerprint density at radius 1 is 0.968 bits per heavy atom. The fourth-order valence-electron chi connectivity index (χ4n) is 2.87. The fraction of sp³-hybridized carbons (Fsp3) is 0.0952. The van der Waals surface area contributed by atoms with E-state index < -0.39 is 44.9 Å². The van der Waals surface area contributed by atoms with Crippen molar-refractivity contribution in [2.45, 2.75) is 16.0 Å². The third kappa shape index (κ3) is 4.85. The maximum Gasteiger partial charge on any atom is 0.417 e. The molecule has 0 fully saturated rings. The van der Waals surface area contributed by atoms with Crippen molar-refractivity contribution in [1.82, 2.24) is 0 Å². The highest BCUT2D eigenvalue weighted by atomic mass is 32.2. The minimum atomic E-state index is -5.04. The molecule has 0 heterocycles. The molecule has 0 bridgehead atoms. The van der Waals surface area contributed by atoms with Crippen LogP contribution in [0.15, 0.2) is 76.5 Å². The van der Waals surface area contributed by atoms with E-state index in [1.54, 1.807) is 0 Å². The van der Waals surface area contributed by atoms with E-state index >= 15 is 0 Å². The molecule has 0 aliphatic heterocycles. The highest BCUT2D eigenvalue weighted by molar-refractivity contribution is 7.91. The molecule has 0 aromatic heterocycles. The fourth-order valence-corrected chi connectivity index (χ4v) is 4.35. The minimum Gasteiger partial charge on any atom is -0.481 e. The second kappa shape index (κ2) is 8.38. The van der Waals surface area contributed by atoms with Crippen LogP contribution in [0.3, 0.4) is 0 Å². The Morgan fingerprint density at radius 2 is 1.65 bits per heavy atom. The van der Waals surface area contributed by atoms with Gasteiger partial charge in [0.05, 0.1) is 15.4 Å². The predicted octanol–water partition coefficient (Wildman–Crippen LogP) is 4.81. The lowest BCUT2D eigenvalue weighted by Crippen LogP contribution is -2.14. The molecule has 0 unspecified atom stereocenters. The van der Waals surface area contributed by atoms with Crippen LogP contribution < -0.4 is 4.74 Å². The van der Waals surface area contributed by atoms with Crippen molar-refractivity contribution in [3.05, 3.63) is 78.1 Å². The van der Waals surface area contributed by atoms with E-state index in [1.165, 1.54) is 30.3 Å². The highest BCUT2D eigenvalue weighted by Gasteiger charge is 2.38. The van der Waals surface area contributed by atoms with E-state index in [2.05, 4.69) is 0 Å². The number of carbonyl (C=O) groups is 1. The van der Waals surface area contributed by atoms with E-state index in [1.807, 2.05) is 0 Å². The summed E-state index contributed by atoms with van der Waals surface area (Å²) in [6, 6.07) is 12.0. The summed E-state index contributed by atoms with van der Waals surface area (Å²) in [5.41, 5.74) is -1.79. The molecule has 0 saturated heterocycles. The lowest BCUT2D eigenvalue weighted by Gasteiger charge is -2.16. The maximum atomic E-state index is 13.8. The molecule has 5 nitrogen and oxygen atoms in total. The topological polar surface area (TPSA) is 80.7 Å². The Hall–Kier alpha value is -3.40. The quantitative estimate of drug-likeness (QED) is 0.541. The van der Waals surface area contributed by atoms with Gasteiger partial charge in [-0.1, -0.05) is 24.3 Å². The van der Waals surface area contributed by atoms with Gasteiger partial charge in [-0.3, -0.25) is 0 Å². The van der Waals surface area contributed by atoms with Crippen LogP contribution in [0.4, 0.5) is 17.6 Å². The number of sulfone groups is 1. The van der Waals surface area contributed by atoms with Crippen molar-refractivity contribution in [3.63, 3.8) is 0 Å². The second-order valence-corrected chi connectivity index (χ2v) is 8.27. The molecule has 0 aliphatic rings. The van der Waals surface area contributed by atoms with Gasteiger partial charge in [-0.2, -0.15) is 13.2 Å². The number of alkyl halides is 3. The smallest absolute Gasteiger partial charge is 0.417 e. The van der Waals surface area contributed by atoms with Crippen LogP contribution in [-0.4, -0.2) is 26.1 Å². The summed E-state index contributed by atoms with van der Waals surface area (Å²) in [7, 11) is -4.49. The zero-order valence-electron chi connectivity index (χ0n) is 15.6. The molecule has 0 aliphatic carbocycles. The molecule has 1 N–H and O–H groups in total. The summed E-state index contributed by atoms with van der Waals surface area (Å²) >= 11 is 0. The molecular formula is C21H14F4O5S. The van der Waals surface area contributed by atoms with Gasteiger partial charge in [-0.25, -0.2) is 17.6 Å². The van der Waals surface area contributed by atoms with Gasteiger partial charge in [0.2, 0.25) is 9.84 Å². The SMILES string of the molecule is O=C(O)COc1ccc(F)cc1-c1ccc(S(=O)(=O)c2ccccc2)c(C(F)(F)F)c1. The average molecular weight is 454 g/mol. The summed E-state index contributed by atoms with van der Waals surface area (Å²) < 4.78 is 85.7.